The molecule has 2 aromatic rings. The average molecular weight is 426 g/mol. The van der Waals surface area contributed by atoms with Gasteiger partial charge in [0.05, 0.1) is 4.91 Å². The number of hydrogen-bond donors (Lipinski definition) is 0. The molecule has 1 saturated heterocycles. The molecule has 4 nitrogen and oxygen atoms in total. The molecular weight excluding hydrogens is 402 g/mol. The summed E-state index contributed by atoms with van der Waals surface area (Å²) in [6.07, 6.45) is 3.49. The van der Waals surface area contributed by atoms with Crippen molar-refractivity contribution in [1.29, 1.82) is 0 Å². The van der Waals surface area contributed by atoms with E-state index in [9.17, 15) is 4.79 Å². The number of thiocarbonyl (C=S) groups is 1. The molecule has 1 amide bonds. The molecule has 0 bridgehead atoms. The second-order valence-corrected chi connectivity index (χ2v) is 8.26. The van der Waals surface area contributed by atoms with E-state index in [1.807, 2.05) is 49.4 Å². The molecule has 29 heavy (non-hydrogen) atoms. The molecule has 150 valence electrons. The van der Waals surface area contributed by atoms with E-state index >= 15 is 0 Å². The van der Waals surface area contributed by atoms with E-state index in [1.54, 1.807) is 11.0 Å². The Morgan fingerprint density at radius 3 is 2.55 bits per heavy atom. The first kappa shape index (κ1) is 21.1. The number of nitrogens with zero attached hydrogens (tertiary/aromatic N) is 1. The minimum absolute atomic E-state index is 0.104. The van der Waals surface area contributed by atoms with Crippen LogP contribution in [0.2, 0.25) is 0 Å². The highest BCUT2D eigenvalue weighted by atomic mass is 32.2. The third-order valence-corrected chi connectivity index (χ3v) is 5.70. The maximum absolute atomic E-state index is 12.5. The van der Waals surface area contributed by atoms with Crippen LogP contribution in [0.3, 0.4) is 0 Å². The fourth-order valence-corrected chi connectivity index (χ4v) is 4.19. The van der Waals surface area contributed by atoms with Crippen LogP contribution >= 0.6 is 24.0 Å². The first-order chi connectivity index (χ1) is 14.0. The molecule has 0 saturated carbocycles. The van der Waals surface area contributed by atoms with Crippen LogP contribution in [-0.2, 0) is 4.79 Å². The van der Waals surface area contributed by atoms with E-state index in [4.69, 9.17) is 21.7 Å². The minimum atomic E-state index is -0.104. The zero-order chi connectivity index (χ0) is 20.8. The number of rotatable bonds is 8. The van der Waals surface area contributed by atoms with Gasteiger partial charge in [-0.2, -0.15) is 0 Å². The molecule has 3 rings (SSSR count). The molecule has 0 unspecified atom stereocenters. The molecule has 0 aromatic heterocycles. The third-order valence-electron chi connectivity index (χ3n) is 4.32. The normalized spacial score (nSPS) is 15.1. The number of thioether (sulfide) groups is 1. The van der Waals surface area contributed by atoms with Gasteiger partial charge in [-0.05, 0) is 37.6 Å². The number of carbonyl (C=O) groups is 1. The van der Waals surface area contributed by atoms with Crippen molar-refractivity contribution in [2.75, 3.05) is 19.8 Å². The van der Waals surface area contributed by atoms with E-state index in [2.05, 4.69) is 19.6 Å². The molecule has 0 N–H and O–H groups in total. The number of amides is 1. The molecule has 1 fully saturated rings. The van der Waals surface area contributed by atoms with Gasteiger partial charge in [0.25, 0.3) is 5.91 Å². The van der Waals surface area contributed by atoms with Gasteiger partial charge in [0.2, 0.25) is 0 Å². The minimum Gasteiger partial charge on any atom is -0.490 e. The van der Waals surface area contributed by atoms with Crippen LogP contribution in [0.1, 0.15) is 16.7 Å². The highest BCUT2D eigenvalue weighted by Crippen LogP contribution is 2.34. The van der Waals surface area contributed by atoms with Crippen LogP contribution < -0.4 is 9.47 Å². The molecule has 1 aliphatic heterocycles. The Bertz CT molecular complexity index is 968. The van der Waals surface area contributed by atoms with E-state index in [1.165, 1.54) is 17.3 Å². The highest BCUT2D eigenvalue weighted by molar-refractivity contribution is 8.26. The summed E-state index contributed by atoms with van der Waals surface area (Å²) in [6.45, 7) is 9.00. The Morgan fingerprint density at radius 2 is 1.83 bits per heavy atom. The van der Waals surface area contributed by atoms with E-state index in [0.717, 1.165) is 16.9 Å². The number of ether oxygens (including phenoxy) is 2. The summed E-state index contributed by atoms with van der Waals surface area (Å²) < 4.78 is 12.3. The topological polar surface area (TPSA) is 38.8 Å². The van der Waals surface area contributed by atoms with Crippen molar-refractivity contribution in [3.63, 3.8) is 0 Å². The SMILES string of the molecule is C=CCN1C(=O)C(=Cc2ccccc2OCCOc2ccc(C)cc2C)SC1=S. The largest absolute Gasteiger partial charge is 0.490 e. The summed E-state index contributed by atoms with van der Waals surface area (Å²) in [4.78, 5) is 14.7. The fourth-order valence-electron chi connectivity index (χ4n) is 2.92. The molecular formula is C23H23NO3S2. The van der Waals surface area contributed by atoms with Crippen molar-refractivity contribution in [2.45, 2.75) is 13.8 Å². The van der Waals surface area contributed by atoms with Crippen molar-refractivity contribution in [3.8, 4) is 11.5 Å². The Morgan fingerprint density at radius 1 is 1.10 bits per heavy atom. The lowest BCUT2D eigenvalue weighted by Crippen LogP contribution is -2.27. The molecule has 0 spiro atoms. The van der Waals surface area contributed by atoms with Crippen molar-refractivity contribution < 1.29 is 14.3 Å². The van der Waals surface area contributed by atoms with Crippen molar-refractivity contribution in [2.24, 2.45) is 0 Å². The van der Waals surface area contributed by atoms with Crippen LogP contribution in [0, 0.1) is 13.8 Å². The monoisotopic (exact) mass is 425 g/mol. The Hall–Kier alpha value is -2.57. The molecule has 2 aromatic carbocycles. The van der Waals surface area contributed by atoms with Crippen LogP contribution in [0.15, 0.2) is 60.0 Å². The van der Waals surface area contributed by atoms with Crippen LogP contribution in [0.5, 0.6) is 11.5 Å². The lowest BCUT2D eigenvalue weighted by Gasteiger charge is -2.12. The lowest BCUT2D eigenvalue weighted by atomic mass is 10.1. The van der Waals surface area contributed by atoms with Gasteiger partial charge in [0.1, 0.15) is 29.0 Å². The van der Waals surface area contributed by atoms with Gasteiger partial charge in [-0.25, -0.2) is 0 Å². The molecule has 6 heteroatoms. The predicted octanol–water partition coefficient (Wildman–Crippen LogP) is 5.15. The molecule has 1 heterocycles. The molecule has 0 radical (unpaired) electrons. The first-order valence-corrected chi connectivity index (χ1v) is 10.5. The Kier molecular flexibility index (Phi) is 7.12. The predicted molar refractivity (Wildman–Crippen MR) is 123 cm³/mol. The highest BCUT2D eigenvalue weighted by Gasteiger charge is 2.31. The number of para-hydroxylation sites is 1. The number of benzene rings is 2. The second-order valence-electron chi connectivity index (χ2n) is 6.58. The Labute approximate surface area is 181 Å². The number of aryl methyl sites for hydroxylation is 2. The Balaban J connectivity index is 1.64. The van der Waals surface area contributed by atoms with Gasteiger partial charge in [-0.15, -0.1) is 6.58 Å². The number of carbonyl (C=O) groups excluding carboxylic acids is 1. The van der Waals surface area contributed by atoms with E-state index in [-0.39, 0.29) is 5.91 Å². The zero-order valence-electron chi connectivity index (χ0n) is 16.5. The van der Waals surface area contributed by atoms with Gasteiger partial charge >= 0.3 is 0 Å². The van der Waals surface area contributed by atoms with E-state index in [0.29, 0.717) is 34.7 Å². The third kappa shape index (κ3) is 5.28. The van der Waals surface area contributed by atoms with Gasteiger partial charge in [0, 0.05) is 12.1 Å². The van der Waals surface area contributed by atoms with Crippen molar-refractivity contribution >= 4 is 40.3 Å². The number of hydrogen-bond acceptors (Lipinski definition) is 5. The summed E-state index contributed by atoms with van der Waals surface area (Å²) in [5, 5.41) is 0. The van der Waals surface area contributed by atoms with Crippen LogP contribution in [-0.4, -0.2) is 34.9 Å². The maximum atomic E-state index is 12.5. The van der Waals surface area contributed by atoms with Crippen molar-refractivity contribution in [1.82, 2.24) is 4.90 Å². The van der Waals surface area contributed by atoms with Gasteiger partial charge < -0.3 is 9.47 Å². The van der Waals surface area contributed by atoms with Gasteiger partial charge in [-0.3, -0.25) is 9.69 Å². The summed E-state index contributed by atoms with van der Waals surface area (Å²) in [6, 6.07) is 13.7. The van der Waals surface area contributed by atoms with Crippen LogP contribution in [0.25, 0.3) is 6.08 Å². The molecule has 0 aliphatic carbocycles. The smallest absolute Gasteiger partial charge is 0.266 e. The summed E-state index contributed by atoms with van der Waals surface area (Å²) in [5.74, 6) is 1.46. The molecule has 0 atom stereocenters. The fraction of sp³-hybridized carbons (Fsp3) is 0.217. The molecule has 1 aliphatic rings. The summed E-state index contributed by atoms with van der Waals surface area (Å²) in [7, 11) is 0. The average Bonchev–Trinajstić information content (AvgIpc) is 2.95. The summed E-state index contributed by atoms with van der Waals surface area (Å²) in [5.41, 5.74) is 3.14. The zero-order valence-corrected chi connectivity index (χ0v) is 18.1. The quantitative estimate of drug-likeness (QED) is 0.253. The second kappa shape index (κ2) is 9.76. The van der Waals surface area contributed by atoms with Gasteiger partial charge in [0.15, 0.2) is 0 Å². The van der Waals surface area contributed by atoms with Crippen molar-refractivity contribution in [3.05, 3.63) is 76.7 Å². The van der Waals surface area contributed by atoms with E-state index < -0.39 is 0 Å². The standard InChI is InChI=1S/C23H23NO3S2/c1-4-11-24-22(25)21(29-23(24)28)15-18-7-5-6-8-20(18)27-13-12-26-19-10-9-16(2)14-17(19)3/h4-10,14-15H,1,11-13H2,2-3H3. The maximum Gasteiger partial charge on any atom is 0.266 e. The summed E-state index contributed by atoms with van der Waals surface area (Å²) >= 11 is 6.59. The van der Waals surface area contributed by atoms with Crippen LogP contribution in [0.4, 0.5) is 0 Å². The lowest BCUT2D eigenvalue weighted by molar-refractivity contribution is -0.121. The van der Waals surface area contributed by atoms with Gasteiger partial charge in [-0.1, -0.05) is 66.0 Å². The first-order valence-electron chi connectivity index (χ1n) is 9.27.